The van der Waals surface area contributed by atoms with E-state index in [0.717, 1.165) is 6.42 Å². The molecule has 31 heavy (non-hydrogen) atoms. The molecular formula is C22H36N2O6Si. The van der Waals surface area contributed by atoms with Crippen molar-refractivity contribution in [1.82, 2.24) is 4.90 Å². The quantitative estimate of drug-likeness (QED) is 0.550. The van der Waals surface area contributed by atoms with Crippen molar-refractivity contribution in [2.45, 2.75) is 70.6 Å². The van der Waals surface area contributed by atoms with Gasteiger partial charge < -0.3 is 29.6 Å². The largest absolute Gasteiger partial charge is 0.540 e. The van der Waals surface area contributed by atoms with Crippen LogP contribution in [0.1, 0.15) is 58.3 Å². The van der Waals surface area contributed by atoms with Crippen molar-refractivity contribution < 1.29 is 28.6 Å². The number of amides is 2. The van der Waals surface area contributed by atoms with Gasteiger partial charge >= 0.3 is 6.09 Å². The zero-order valence-corrected chi connectivity index (χ0v) is 20.6. The molecule has 1 atom stereocenters. The lowest BCUT2D eigenvalue weighted by atomic mass is 10.0. The molecule has 0 spiro atoms. The van der Waals surface area contributed by atoms with Gasteiger partial charge in [-0.25, -0.2) is 4.79 Å². The van der Waals surface area contributed by atoms with Crippen molar-refractivity contribution in [3.63, 3.8) is 0 Å². The van der Waals surface area contributed by atoms with Crippen LogP contribution in [0.15, 0.2) is 12.1 Å². The predicted octanol–water partition coefficient (Wildman–Crippen LogP) is 3.91. The molecule has 1 aromatic rings. The van der Waals surface area contributed by atoms with Crippen molar-refractivity contribution in [1.29, 1.82) is 0 Å². The number of nitrogens with zero attached hydrogens (tertiary/aromatic N) is 1. The monoisotopic (exact) mass is 452 g/mol. The summed E-state index contributed by atoms with van der Waals surface area (Å²) >= 11 is 0. The Morgan fingerprint density at radius 1 is 1.10 bits per heavy atom. The lowest BCUT2D eigenvalue weighted by Gasteiger charge is -2.42. The maximum Gasteiger partial charge on any atom is 0.409 e. The molecule has 1 fully saturated rings. The molecule has 3 N–H and O–H groups in total. The lowest BCUT2D eigenvalue weighted by Crippen LogP contribution is -2.53. The second kappa shape index (κ2) is 9.91. The average molecular weight is 453 g/mol. The first kappa shape index (κ1) is 25.0. The predicted molar refractivity (Wildman–Crippen MR) is 121 cm³/mol. The van der Waals surface area contributed by atoms with Gasteiger partial charge in [0.1, 0.15) is 11.5 Å². The number of ether oxygens (including phenoxy) is 2. The van der Waals surface area contributed by atoms with Crippen LogP contribution in [0.25, 0.3) is 0 Å². The molecule has 174 valence electrons. The minimum Gasteiger partial charge on any atom is -0.540 e. The molecule has 1 saturated heterocycles. The molecule has 1 unspecified atom stereocenters. The summed E-state index contributed by atoms with van der Waals surface area (Å²) in [6.07, 6.45) is -0.301. The summed E-state index contributed by atoms with van der Waals surface area (Å²) in [5.74, 6) is 0.489. The van der Waals surface area contributed by atoms with E-state index in [-0.39, 0.29) is 29.9 Å². The standard InChI is InChI=1S/C22H36N2O6Si/c1-13(2)31(14(3)4,15(5)6)30-20-11-18(29-22(23)27)17(10-19(20)28-7)21(26)24-9-8-16(24)12-25/h10-11,13-16,25H,8-9,12H2,1-7H3,(H2,23,27). The number of carbonyl (C=O) groups is 2. The van der Waals surface area contributed by atoms with E-state index in [0.29, 0.717) is 34.7 Å². The molecule has 0 aromatic heterocycles. The fourth-order valence-corrected chi connectivity index (χ4v) is 9.98. The van der Waals surface area contributed by atoms with Crippen molar-refractivity contribution in [2.24, 2.45) is 5.73 Å². The number of hydrogen-bond acceptors (Lipinski definition) is 6. The molecule has 8 nitrogen and oxygen atoms in total. The maximum atomic E-state index is 13.1. The minimum absolute atomic E-state index is 0.0241. The number of benzene rings is 1. The van der Waals surface area contributed by atoms with Gasteiger partial charge in [0.05, 0.1) is 25.3 Å². The van der Waals surface area contributed by atoms with Gasteiger partial charge in [-0.1, -0.05) is 41.5 Å². The van der Waals surface area contributed by atoms with Crippen LogP contribution in [-0.4, -0.2) is 56.6 Å². The smallest absolute Gasteiger partial charge is 0.409 e. The Hall–Kier alpha value is -2.26. The van der Waals surface area contributed by atoms with Gasteiger partial charge in [0.15, 0.2) is 5.75 Å². The van der Waals surface area contributed by atoms with Crippen LogP contribution >= 0.6 is 0 Å². The van der Waals surface area contributed by atoms with Crippen LogP contribution in [0.3, 0.4) is 0 Å². The molecular weight excluding hydrogens is 416 g/mol. The number of nitrogens with two attached hydrogens (primary N) is 1. The van der Waals surface area contributed by atoms with Crippen LogP contribution in [0, 0.1) is 0 Å². The van der Waals surface area contributed by atoms with Gasteiger partial charge in [0.2, 0.25) is 0 Å². The molecule has 0 saturated carbocycles. The summed E-state index contributed by atoms with van der Waals surface area (Å²) in [5, 5.41) is 9.46. The summed E-state index contributed by atoms with van der Waals surface area (Å²) in [7, 11) is -0.829. The molecule has 0 aliphatic carbocycles. The van der Waals surface area contributed by atoms with E-state index in [1.807, 2.05) is 0 Å². The second-order valence-electron chi connectivity index (χ2n) is 8.96. The highest BCUT2D eigenvalue weighted by Gasteiger charge is 2.47. The first-order valence-electron chi connectivity index (χ1n) is 10.8. The number of carbonyl (C=O) groups excluding carboxylic acids is 2. The van der Waals surface area contributed by atoms with Gasteiger partial charge in [-0.15, -0.1) is 0 Å². The van der Waals surface area contributed by atoms with Crippen molar-refractivity contribution in [3.05, 3.63) is 17.7 Å². The normalized spacial score (nSPS) is 16.5. The molecule has 2 rings (SSSR count). The minimum atomic E-state index is -2.34. The summed E-state index contributed by atoms with van der Waals surface area (Å²) in [4.78, 5) is 26.2. The van der Waals surface area contributed by atoms with Gasteiger partial charge in [-0.3, -0.25) is 4.79 Å². The fraction of sp³-hybridized carbons (Fsp3) is 0.636. The summed E-state index contributed by atoms with van der Waals surface area (Å²) in [6.45, 7) is 13.4. The van der Waals surface area contributed by atoms with Crippen LogP contribution in [0.4, 0.5) is 4.79 Å². The highest BCUT2D eigenvalue weighted by molar-refractivity contribution is 6.78. The molecule has 9 heteroatoms. The molecule has 1 aromatic carbocycles. The third kappa shape index (κ3) is 4.82. The number of rotatable bonds is 9. The molecule has 2 amide bonds. The summed E-state index contributed by atoms with van der Waals surface area (Å²) < 4.78 is 17.5. The van der Waals surface area contributed by atoms with Crippen LogP contribution in [-0.2, 0) is 0 Å². The Balaban J connectivity index is 2.59. The summed E-state index contributed by atoms with van der Waals surface area (Å²) in [5.41, 5.74) is 6.35. The Kier molecular flexibility index (Phi) is 7.99. The molecule has 1 heterocycles. The Labute approximate surface area is 185 Å². The Bertz CT molecular complexity index is 788. The topological polar surface area (TPSA) is 111 Å². The van der Waals surface area contributed by atoms with E-state index in [9.17, 15) is 14.7 Å². The van der Waals surface area contributed by atoms with Gasteiger partial charge in [-0.05, 0) is 23.0 Å². The first-order valence-corrected chi connectivity index (χ1v) is 12.9. The SMILES string of the molecule is COc1cc(C(=O)N2CCC2CO)c(OC(N)=O)cc1O[Si](C(C)C)(C(C)C)C(C)C. The van der Waals surface area contributed by atoms with E-state index in [1.54, 1.807) is 4.90 Å². The summed E-state index contributed by atoms with van der Waals surface area (Å²) in [6, 6.07) is 2.81. The van der Waals surface area contributed by atoms with E-state index in [4.69, 9.17) is 19.6 Å². The highest BCUT2D eigenvalue weighted by atomic mass is 28.4. The third-order valence-corrected chi connectivity index (χ3v) is 12.3. The number of likely N-dealkylation sites (tertiary alicyclic amines) is 1. The highest BCUT2D eigenvalue weighted by Crippen LogP contribution is 2.46. The first-order chi connectivity index (χ1) is 14.5. The van der Waals surface area contributed by atoms with Crippen LogP contribution in [0.2, 0.25) is 16.6 Å². The van der Waals surface area contributed by atoms with E-state index < -0.39 is 14.4 Å². The fourth-order valence-electron chi connectivity index (χ4n) is 4.74. The van der Waals surface area contributed by atoms with Crippen LogP contribution in [0.5, 0.6) is 17.2 Å². The Morgan fingerprint density at radius 2 is 1.68 bits per heavy atom. The van der Waals surface area contributed by atoms with E-state index >= 15 is 0 Å². The molecule has 1 aliphatic heterocycles. The molecule has 0 bridgehead atoms. The third-order valence-electron chi connectivity index (χ3n) is 6.32. The molecule has 1 aliphatic rings. The van der Waals surface area contributed by atoms with Crippen molar-refractivity contribution in [3.8, 4) is 17.2 Å². The zero-order chi connectivity index (χ0) is 23.5. The van der Waals surface area contributed by atoms with Gasteiger partial charge in [0, 0.05) is 18.7 Å². The average Bonchev–Trinajstić information content (AvgIpc) is 2.64. The number of aliphatic hydroxyl groups excluding tert-OH is 1. The number of hydrogen-bond donors (Lipinski definition) is 2. The maximum absolute atomic E-state index is 13.1. The van der Waals surface area contributed by atoms with E-state index in [2.05, 4.69) is 41.5 Å². The number of aliphatic hydroxyl groups is 1. The lowest BCUT2D eigenvalue weighted by molar-refractivity contribution is 0.0293. The van der Waals surface area contributed by atoms with Crippen molar-refractivity contribution >= 4 is 20.3 Å². The van der Waals surface area contributed by atoms with Crippen LogP contribution < -0.4 is 19.6 Å². The van der Waals surface area contributed by atoms with Gasteiger partial charge in [-0.2, -0.15) is 0 Å². The Morgan fingerprint density at radius 3 is 2.06 bits per heavy atom. The number of methoxy groups -OCH3 is 1. The second-order valence-corrected chi connectivity index (χ2v) is 14.3. The van der Waals surface area contributed by atoms with E-state index in [1.165, 1.54) is 19.2 Å². The molecule has 0 radical (unpaired) electrons. The van der Waals surface area contributed by atoms with Gasteiger partial charge in [0.25, 0.3) is 14.2 Å². The zero-order valence-electron chi connectivity index (χ0n) is 19.6. The van der Waals surface area contributed by atoms with Crippen molar-refractivity contribution in [2.75, 3.05) is 20.3 Å². The number of primary amides is 1.